The first-order valence-electron chi connectivity index (χ1n) is 5.00. The molecule has 0 radical (unpaired) electrons. The predicted octanol–water partition coefficient (Wildman–Crippen LogP) is 1.68. The molecule has 3 N–H and O–H groups in total. The number of benzene rings is 1. The number of anilines is 1. The Morgan fingerprint density at radius 3 is 2.62 bits per heavy atom. The third-order valence-corrected chi connectivity index (χ3v) is 2.20. The molecule has 0 saturated carbocycles. The Morgan fingerprint density at radius 1 is 1.56 bits per heavy atom. The molecule has 1 aromatic carbocycles. The van der Waals surface area contributed by atoms with Crippen LogP contribution in [0.2, 0.25) is 0 Å². The number of hydrogen-bond acceptors (Lipinski definition) is 4. The van der Waals surface area contributed by atoms with E-state index in [9.17, 15) is 10.0 Å². The van der Waals surface area contributed by atoms with Crippen LogP contribution >= 0.6 is 0 Å². The largest absolute Gasteiger partial charge is 0.733 e. The SMILES string of the molecule is CC(C)Cc1ccc(C(N)=O)cc1N([O-])O. The topological polar surface area (TPSA) is 89.6 Å². The first-order chi connectivity index (χ1) is 7.41. The molecule has 0 spiro atoms. The molecule has 1 aromatic rings. The molecule has 0 saturated heterocycles. The zero-order valence-corrected chi connectivity index (χ0v) is 9.30. The Morgan fingerprint density at radius 2 is 2.19 bits per heavy atom. The van der Waals surface area contributed by atoms with E-state index in [1.54, 1.807) is 12.1 Å². The van der Waals surface area contributed by atoms with E-state index in [2.05, 4.69) is 0 Å². The molecule has 0 fully saturated rings. The molecule has 0 atom stereocenters. The van der Waals surface area contributed by atoms with E-state index >= 15 is 0 Å². The molecule has 0 aromatic heterocycles. The predicted molar refractivity (Wildman–Crippen MR) is 61.1 cm³/mol. The normalized spacial score (nSPS) is 10.6. The smallest absolute Gasteiger partial charge is 0.248 e. The summed E-state index contributed by atoms with van der Waals surface area (Å²) in [7, 11) is 0. The summed E-state index contributed by atoms with van der Waals surface area (Å²) in [5.41, 5.74) is 6.07. The lowest BCUT2D eigenvalue weighted by atomic mass is 9.99. The van der Waals surface area contributed by atoms with Gasteiger partial charge in [0.2, 0.25) is 5.91 Å². The highest BCUT2D eigenvalue weighted by Crippen LogP contribution is 2.23. The first-order valence-corrected chi connectivity index (χ1v) is 5.00. The van der Waals surface area contributed by atoms with Crippen molar-refractivity contribution in [3.05, 3.63) is 34.5 Å². The zero-order valence-electron chi connectivity index (χ0n) is 9.30. The third kappa shape index (κ3) is 2.95. The Kier molecular flexibility index (Phi) is 3.87. The quantitative estimate of drug-likeness (QED) is 0.760. The summed E-state index contributed by atoms with van der Waals surface area (Å²) in [5, 5.41) is 19.7. The van der Waals surface area contributed by atoms with Crippen molar-refractivity contribution >= 4 is 11.6 Å². The number of nitrogens with zero attached hydrogens (tertiary/aromatic N) is 1. The molecule has 16 heavy (non-hydrogen) atoms. The molecular formula is C11H15N2O3-. The molecule has 0 heterocycles. The number of carbonyl (C=O) groups is 1. The van der Waals surface area contributed by atoms with Gasteiger partial charge < -0.3 is 16.2 Å². The van der Waals surface area contributed by atoms with Crippen LogP contribution in [0.1, 0.15) is 29.8 Å². The Bertz CT molecular complexity index is 389. The van der Waals surface area contributed by atoms with Crippen molar-refractivity contribution in [2.45, 2.75) is 20.3 Å². The summed E-state index contributed by atoms with van der Waals surface area (Å²) in [5.74, 6) is -0.280. The van der Waals surface area contributed by atoms with Crippen LogP contribution in [0.3, 0.4) is 0 Å². The van der Waals surface area contributed by atoms with E-state index in [-0.39, 0.29) is 16.5 Å². The molecular weight excluding hydrogens is 208 g/mol. The maximum absolute atomic E-state index is 10.9. The highest BCUT2D eigenvalue weighted by atomic mass is 16.8. The van der Waals surface area contributed by atoms with Gasteiger partial charge in [-0.15, -0.1) is 0 Å². The summed E-state index contributed by atoms with van der Waals surface area (Å²) in [6.45, 7) is 4.00. The van der Waals surface area contributed by atoms with Gasteiger partial charge in [0, 0.05) is 5.56 Å². The fraction of sp³-hybridized carbons (Fsp3) is 0.364. The maximum atomic E-state index is 10.9. The van der Waals surface area contributed by atoms with Crippen LogP contribution in [-0.4, -0.2) is 11.1 Å². The van der Waals surface area contributed by atoms with Gasteiger partial charge >= 0.3 is 0 Å². The second-order valence-electron chi connectivity index (χ2n) is 4.08. The van der Waals surface area contributed by atoms with Gasteiger partial charge in [0.15, 0.2) is 0 Å². The molecule has 88 valence electrons. The highest BCUT2D eigenvalue weighted by molar-refractivity contribution is 5.94. The van der Waals surface area contributed by atoms with Gasteiger partial charge in [-0.2, -0.15) is 0 Å². The zero-order chi connectivity index (χ0) is 12.3. The van der Waals surface area contributed by atoms with Gasteiger partial charge in [0.1, 0.15) is 0 Å². The van der Waals surface area contributed by atoms with Crippen LogP contribution in [0.5, 0.6) is 0 Å². The fourth-order valence-corrected chi connectivity index (χ4v) is 1.51. The van der Waals surface area contributed by atoms with E-state index < -0.39 is 5.91 Å². The van der Waals surface area contributed by atoms with Crippen molar-refractivity contribution in [2.24, 2.45) is 11.7 Å². The summed E-state index contributed by atoms with van der Waals surface area (Å²) in [6, 6.07) is 4.48. The Hall–Kier alpha value is -1.59. The van der Waals surface area contributed by atoms with Crippen LogP contribution in [0.4, 0.5) is 5.69 Å². The van der Waals surface area contributed by atoms with Crippen LogP contribution in [0.15, 0.2) is 18.2 Å². The number of carbonyl (C=O) groups excluding carboxylic acids is 1. The van der Waals surface area contributed by atoms with Crippen molar-refractivity contribution in [1.82, 2.24) is 0 Å². The lowest BCUT2D eigenvalue weighted by Crippen LogP contribution is -2.15. The molecule has 0 aliphatic heterocycles. The van der Waals surface area contributed by atoms with E-state index in [0.717, 1.165) is 0 Å². The average molecular weight is 223 g/mol. The monoisotopic (exact) mass is 223 g/mol. The molecule has 0 aliphatic carbocycles. The Labute approximate surface area is 94.0 Å². The minimum Gasteiger partial charge on any atom is -0.733 e. The first kappa shape index (κ1) is 12.5. The summed E-state index contributed by atoms with van der Waals surface area (Å²) < 4.78 is 0. The number of nitrogens with two attached hydrogens (primary N) is 1. The summed E-state index contributed by atoms with van der Waals surface area (Å²) >= 11 is 0. The number of rotatable bonds is 4. The minimum absolute atomic E-state index is 0.0741. The number of amides is 1. The van der Waals surface area contributed by atoms with E-state index in [1.165, 1.54) is 6.07 Å². The second-order valence-corrected chi connectivity index (χ2v) is 4.08. The Balaban J connectivity index is 3.14. The number of primary amides is 1. The number of hydrogen-bond donors (Lipinski definition) is 2. The molecule has 1 amide bonds. The van der Waals surface area contributed by atoms with Crippen molar-refractivity contribution < 1.29 is 10.0 Å². The van der Waals surface area contributed by atoms with Gasteiger partial charge in [-0.3, -0.25) is 10.0 Å². The molecule has 5 nitrogen and oxygen atoms in total. The van der Waals surface area contributed by atoms with Gasteiger partial charge in [-0.05, 0) is 30.0 Å². The lowest BCUT2D eigenvalue weighted by Gasteiger charge is -2.25. The fourth-order valence-electron chi connectivity index (χ4n) is 1.51. The van der Waals surface area contributed by atoms with E-state index in [0.29, 0.717) is 17.9 Å². The van der Waals surface area contributed by atoms with Crippen molar-refractivity contribution in [3.8, 4) is 0 Å². The van der Waals surface area contributed by atoms with Gasteiger partial charge in [0.05, 0.1) is 5.69 Å². The molecule has 0 bridgehead atoms. The van der Waals surface area contributed by atoms with Crippen LogP contribution in [0.25, 0.3) is 0 Å². The van der Waals surface area contributed by atoms with E-state index in [4.69, 9.17) is 10.9 Å². The molecule has 0 aliphatic rings. The van der Waals surface area contributed by atoms with Crippen LogP contribution < -0.4 is 11.0 Å². The lowest BCUT2D eigenvalue weighted by molar-refractivity contribution is 0.100. The van der Waals surface area contributed by atoms with Gasteiger partial charge in [0.25, 0.3) is 0 Å². The van der Waals surface area contributed by atoms with Crippen LogP contribution in [0, 0.1) is 11.1 Å². The standard InChI is InChI=1S/C11H15N2O3/c1-7(2)5-8-3-4-9(11(12)14)6-10(8)13(15)16/h3-4,6-7,15H,5H2,1-2H3,(H2,12,14)/q-1. The summed E-state index contributed by atoms with van der Waals surface area (Å²) in [4.78, 5) is 10.9. The van der Waals surface area contributed by atoms with Crippen molar-refractivity contribution in [1.29, 1.82) is 0 Å². The van der Waals surface area contributed by atoms with Crippen LogP contribution in [-0.2, 0) is 6.42 Å². The molecule has 0 unspecified atom stereocenters. The minimum atomic E-state index is -0.626. The highest BCUT2D eigenvalue weighted by Gasteiger charge is 2.09. The van der Waals surface area contributed by atoms with Crippen molar-refractivity contribution in [3.63, 3.8) is 0 Å². The summed E-state index contributed by atoms with van der Waals surface area (Å²) in [6.07, 6.45) is 0.647. The molecule has 1 rings (SSSR count). The second kappa shape index (κ2) is 4.96. The van der Waals surface area contributed by atoms with Crippen molar-refractivity contribution in [2.75, 3.05) is 5.23 Å². The average Bonchev–Trinajstić information content (AvgIpc) is 2.16. The van der Waals surface area contributed by atoms with E-state index in [1.807, 2.05) is 13.8 Å². The van der Waals surface area contributed by atoms with Gasteiger partial charge in [-0.1, -0.05) is 19.9 Å². The van der Waals surface area contributed by atoms with Gasteiger partial charge in [-0.25, -0.2) is 0 Å². The maximum Gasteiger partial charge on any atom is 0.248 e. The third-order valence-electron chi connectivity index (χ3n) is 2.20. The molecule has 5 heteroatoms.